The van der Waals surface area contributed by atoms with E-state index in [0.29, 0.717) is 0 Å². The van der Waals surface area contributed by atoms with E-state index in [0.717, 1.165) is 16.8 Å². The molecule has 0 spiro atoms. The average Bonchev–Trinajstić information content (AvgIpc) is 2.47. The molecule has 0 unspecified atom stereocenters. The Balaban J connectivity index is 1.97. The van der Waals surface area contributed by atoms with Crippen molar-refractivity contribution in [3.05, 3.63) is 65.7 Å². The number of hydrogen-bond acceptors (Lipinski definition) is 3. The van der Waals surface area contributed by atoms with Crippen molar-refractivity contribution in [2.24, 2.45) is 5.10 Å². The zero-order valence-electron chi connectivity index (χ0n) is 12.2. The van der Waals surface area contributed by atoms with E-state index in [9.17, 15) is 5.11 Å². The van der Waals surface area contributed by atoms with E-state index in [1.54, 1.807) is 20.1 Å². The van der Waals surface area contributed by atoms with Gasteiger partial charge in [0.15, 0.2) is 0 Å². The molecule has 0 bridgehead atoms. The number of hydrazone groups is 1. The fourth-order valence-electron chi connectivity index (χ4n) is 1.57. The minimum atomic E-state index is -0.972. The molecule has 0 fully saturated rings. The maximum absolute atomic E-state index is 9.55. The van der Waals surface area contributed by atoms with Gasteiger partial charge in [-0.3, -0.25) is 5.43 Å². The average molecular weight is 278 g/mol. The van der Waals surface area contributed by atoms with Gasteiger partial charge in [-0.15, -0.1) is 0 Å². The van der Waals surface area contributed by atoms with Crippen molar-refractivity contribution in [1.82, 2.24) is 0 Å². The van der Waals surface area contributed by atoms with Gasteiger partial charge in [-0.25, -0.2) is 0 Å². The molecule has 0 amide bonds. The molecule has 0 saturated heterocycles. The highest BCUT2D eigenvalue weighted by Crippen LogP contribution is 2.06. The minimum absolute atomic E-state index is 0.866. The van der Waals surface area contributed by atoms with Gasteiger partial charge in [-0.05, 0) is 43.7 Å². The molecule has 0 aliphatic carbocycles. The van der Waals surface area contributed by atoms with Crippen molar-refractivity contribution in [3.8, 4) is 11.8 Å². The zero-order valence-corrected chi connectivity index (χ0v) is 12.2. The first kappa shape index (κ1) is 14.8. The minimum Gasteiger partial charge on any atom is -0.378 e. The van der Waals surface area contributed by atoms with Crippen molar-refractivity contribution in [3.63, 3.8) is 0 Å². The predicted octanol–water partition coefficient (Wildman–Crippen LogP) is 3.26. The van der Waals surface area contributed by atoms with E-state index in [-0.39, 0.29) is 0 Å². The van der Waals surface area contributed by atoms with Gasteiger partial charge < -0.3 is 5.11 Å². The van der Waals surface area contributed by atoms with E-state index < -0.39 is 5.60 Å². The maximum atomic E-state index is 9.55. The molecule has 2 aromatic carbocycles. The summed E-state index contributed by atoms with van der Waals surface area (Å²) in [5.41, 5.74) is 4.78. The van der Waals surface area contributed by atoms with Crippen molar-refractivity contribution >= 4 is 11.9 Å². The summed E-state index contributed by atoms with van der Waals surface area (Å²) in [5.74, 6) is 5.72. The Morgan fingerprint density at radius 2 is 1.71 bits per heavy atom. The summed E-state index contributed by atoms with van der Waals surface area (Å²) in [4.78, 5) is 0. The summed E-state index contributed by atoms with van der Waals surface area (Å²) in [6, 6.07) is 17.4. The molecule has 2 rings (SSSR count). The highest BCUT2D eigenvalue weighted by molar-refractivity contribution is 5.80. The smallest absolute Gasteiger partial charge is 0.120 e. The molecule has 2 N–H and O–H groups in total. The number of anilines is 1. The second-order valence-corrected chi connectivity index (χ2v) is 5.17. The van der Waals surface area contributed by atoms with Crippen LogP contribution in [0.15, 0.2) is 59.7 Å². The molecular formula is C18H18N2O. The first-order chi connectivity index (χ1) is 10.0. The van der Waals surface area contributed by atoms with Crippen LogP contribution in [0.5, 0.6) is 0 Å². The molecule has 0 saturated carbocycles. The highest BCUT2D eigenvalue weighted by atomic mass is 16.3. The lowest BCUT2D eigenvalue weighted by Gasteiger charge is -2.05. The number of aliphatic hydroxyl groups is 1. The van der Waals surface area contributed by atoms with Crippen LogP contribution < -0.4 is 5.43 Å². The van der Waals surface area contributed by atoms with Crippen LogP contribution in [-0.4, -0.2) is 16.9 Å². The van der Waals surface area contributed by atoms with Crippen LogP contribution in [0, 0.1) is 11.8 Å². The third-order valence-electron chi connectivity index (χ3n) is 2.60. The zero-order chi connectivity index (χ0) is 15.1. The molecule has 21 heavy (non-hydrogen) atoms. The summed E-state index contributed by atoms with van der Waals surface area (Å²) in [6.07, 6.45) is 1.75. The number of para-hydroxylation sites is 1. The molecule has 0 aromatic heterocycles. The lowest BCUT2D eigenvalue weighted by Crippen LogP contribution is -2.14. The largest absolute Gasteiger partial charge is 0.378 e. The van der Waals surface area contributed by atoms with E-state index in [4.69, 9.17) is 0 Å². The monoisotopic (exact) mass is 278 g/mol. The second kappa shape index (κ2) is 6.74. The number of hydrogen-bond donors (Lipinski definition) is 2. The van der Waals surface area contributed by atoms with Crippen LogP contribution in [0.25, 0.3) is 0 Å². The van der Waals surface area contributed by atoms with Crippen LogP contribution in [0.2, 0.25) is 0 Å². The summed E-state index contributed by atoms with van der Waals surface area (Å²) in [5, 5.41) is 13.7. The molecule has 0 aliphatic heterocycles. The topological polar surface area (TPSA) is 44.6 Å². The van der Waals surface area contributed by atoms with Crippen LogP contribution in [0.3, 0.4) is 0 Å². The quantitative estimate of drug-likeness (QED) is 0.514. The fourth-order valence-corrected chi connectivity index (χ4v) is 1.57. The van der Waals surface area contributed by atoms with Crippen LogP contribution in [-0.2, 0) is 0 Å². The van der Waals surface area contributed by atoms with Gasteiger partial charge >= 0.3 is 0 Å². The molecular weight excluding hydrogens is 260 g/mol. The second-order valence-electron chi connectivity index (χ2n) is 5.17. The Bertz CT molecular complexity index is 656. The lowest BCUT2D eigenvalue weighted by atomic mass is 10.1. The Labute approximate surface area is 125 Å². The third-order valence-corrected chi connectivity index (χ3v) is 2.60. The van der Waals surface area contributed by atoms with Crippen LogP contribution >= 0.6 is 0 Å². The van der Waals surface area contributed by atoms with Gasteiger partial charge in [0.05, 0.1) is 11.9 Å². The van der Waals surface area contributed by atoms with Crippen molar-refractivity contribution in [2.75, 3.05) is 5.43 Å². The summed E-state index contributed by atoms with van der Waals surface area (Å²) in [6.45, 7) is 3.33. The Morgan fingerprint density at radius 1 is 1.05 bits per heavy atom. The molecule has 3 heteroatoms. The molecule has 0 heterocycles. The molecule has 0 atom stereocenters. The number of benzene rings is 2. The highest BCUT2D eigenvalue weighted by Gasteiger charge is 2.05. The molecule has 106 valence electrons. The molecule has 0 aliphatic rings. The number of nitrogens with zero attached hydrogens (tertiary/aromatic N) is 1. The summed E-state index contributed by atoms with van der Waals surface area (Å²) in [7, 11) is 0. The van der Waals surface area contributed by atoms with Crippen LogP contribution in [0.1, 0.15) is 25.0 Å². The Kier molecular flexibility index (Phi) is 4.76. The van der Waals surface area contributed by atoms with E-state index in [1.807, 2.05) is 54.6 Å². The Hall–Kier alpha value is -2.57. The lowest BCUT2D eigenvalue weighted by molar-refractivity contribution is 0.143. The fraction of sp³-hybridized carbons (Fsp3) is 0.167. The van der Waals surface area contributed by atoms with Gasteiger partial charge in [0, 0.05) is 5.56 Å². The standard InChI is InChI=1S/C18H18N2O/c1-18(2,21)13-12-15-8-10-16(11-9-15)14-19-20-17-6-4-3-5-7-17/h3-11,14,20-21H,1-2H3/b19-14-. The van der Waals surface area contributed by atoms with E-state index in [2.05, 4.69) is 22.4 Å². The SMILES string of the molecule is CC(C)(O)C#Cc1ccc(/C=N\Nc2ccccc2)cc1. The van der Waals surface area contributed by atoms with Crippen molar-refractivity contribution in [1.29, 1.82) is 0 Å². The third kappa shape index (κ3) is 5.52. The molecule has 0 radical (unpaired) electrons. The first-order valence-corrected chi connectivity index (χ1v) is 6.73. The Morgan fingerprint density at radius 3 is 2.33 bits per heavy atom. The van der Waals surface area contributed by atoms with Crippen LogP contribution in [0.4, 0.5) is 5.69 Å². The van der Waals surface area contributed by atoms with Gasteiger partial charge in [0.2, 0.25) is 0 Å². The maximum Gasteiger partial charge on any atom is 0.120 e. The van der Waals surface area contributed by atoms with E-state index in [1.165, 1.54) is 0 Å². The summed E-state index contributed by atoms with van der Waals surface area (Å²) < 4.78 is 0. The molecule has 2 aromatic rings. The van der Waals surface area contributed by atoms with Gasteiger partial charge in [-0.1, -0.05) is 42.2 Å². The normalized spacial score (nSPS) is 11.0. The number of nitrogens with one attached hydrogen (secondary N) is 1. The van der Waals surface area contributed by atoms with Gasteiger partial charge in [0.25, 0.3) is 0 Å². The first-order valence-electron chi connectivity index (χ1n) is 6.73. The number of rotatable bonds is 3. The van der Waals surface area contributed by atoms with Gasteiger partial charge in [-0.2, -0.15) is 5.10 Å². The van der Waals surface area contributed by atoms with E-state index >= 15 is 0 Å². The van der Waals surface area contributed by atoms with Crippen molar-refractivity contribution in [2.45, 2.75) is 19.4 Å². The van der Waals surface area contributed by atoms with Crippen molar-refractivity contribution < 1.29 is 5.11 Å². The molecule has 3 nitrogen and oxygen atoms in total. The summed E-state index contributed by atoms with van der Waals surface area (Å²) >= 11 is 0. The predicted molar refractivity (Wildman–Crippen MR) is 87.3 cm³/mol. The van der Waals surface area contributed by atoms with Gasteiger partial charge in [0.1, 0.15) is 5.60 Å².